The van der Waals surface area contributed by atoms with E-state index < -0.39 is 44.7 Å². The molecule has 36 heteroatoms. The summed E-state index contributed by atoms with van der Waals surface area (Å²) in [6.45, 7) is -0.114. The highest BCUT2D eigenvalue weighted by molar-refractivity contribution is 8.72. The second-order valence-electron chi connectivity index (χ2n) is 10.2. The SMILES string of the molecule is Nc1nc(Cl)c2cn[nH]c2n1.Nc1nc(Cl)c2cnn(Cc3ccc([N+](=O)[O-])c(C(F)(F)F)c3)c2n1.O=[N+]([O-])c1ccc(CCl)cc1C(F)(F)F.S=S.S=S=S=S=S=S=S=S=S. The molecular weight excluding hydrogens is 1120 g/mol. The monoisotopic (exact) mass is 1130 g/mol. The number of halogens is 9. The molecule has 6 aromatic rings. The Morgan fingerprint density at radius 2 is 1.19 bits per heavy atom. The second-order valence-corrected chi connectivity index (χ2v) is 23.6. The number of fused-ring (bicyclic) bond motifs is 2. The summed E-state index contributed by atoms with van der Waals surface area (Å²) in [5.74, 6) is -0.0909. The number of nitro groups is 2. The van der Waals surface area contributed by atoms with E-state index in [1.54, 1.807) is 50.6 Å². The number of anilines is 2. The van der Waals surface area contributed by atoms with Crippen molar-refractivity contribution in [1.82, 2.24) is 39.9 Å². The number of rotatable bonds is 5. The summed E-state index contributed by atoms with van der Waals surface area (Å²) in [5.41, 5.74) is 7.39. The first kappa shape index (κ1) is 54.9. The predicted octanol–water partition coefficient (Wildman–Crippen LogP) is 6.95. The number of nitro benzene ring substituents is 2. The molecule has 0 saturated heterocycles. The molecule has 0 saturated carbocycles. The largest absolute Gasteiger partial charge is 0.423 e. The molecule has 16 nitrogen and oxygen atoms in total. The molecular formula is C26H17Cl3F6N12O4S11. The lowest BCUT2D eigenvalue weighted by Crippen LogP contribution is -2.11. The van der Waals surface area contributed by atoms with Gasteiger partial charge in [-0.15, -0.1) is 11.6 Å². The number of aromatic amines is 1. The normalized spacial score (nSPS) is 10.5. The molecule has 0 aliphatic carbocycles. The van der Waals surface area contributed by atoms with Crippen LogP contribution >= 0.6 is 34.8 Å². The van der Waals surface area contributed by atoms with Crippen molar-refractivity contribution in [3.63, 3.8) is 0 Å². The van der Waals surface area contributed by atoms with E-state index in [2.05, 4.69) is 80.0 Å². The van der Waals surface area contributed by atoms with Crippen molar-refractivity contribution in [2.24, 2.45) is 0 Å². The first-order chi connectivity index (χ1) is 29.2. The van der Waals surface area contributed by atoms with Gasteiger partial charge in [-0.1, -0.05) is 35.3 Å². The van der Waals surface area contributed by atoms with Gasteiger partial charge in [-0.25, -0.2) is 14.6 Å². The van der Waals surface area contributed by atoms with E-state index in [0.29, 0.717) is 33.7 Å². The highest BCUT2D eigenvalue weighted by Gasteiger charge is 2.39. The number of hydrogen-bond acceptors (Lipinski definition) is 16. The fourth-order valence-corrected chi connectivity index (χ4v) is 18.6. The van der Waals surface area contributed by atoms with Crippen LogP contribution in [0.4, 0.5) is 49.6 Å². The van der Waals surface area contributed by atoms with Crippen molar-refractivity contribution < 1.29 is 36.2 Å². The maximum absolute atomic E-state index is 13.0. The minimum Gasteiger partial charge on any atom is -0.368 e. The van der Waals surface area contributed by atoms with Crippen LogP contribution in [-0.4, -0.2) is 49.8 Å². The fraction of sp³-hybridized carbons (Fsp3) is 0.154. The minimum absolute atomic E-state index is 0.0634. The Morgan fingerprint density at radius 1 is 0.726 bits per heavy atom. The van der Waals surface area contributed by atoms with Crippen LogP contribution in [0.15, 0.2) is 48.8 Å². The van der Waals surface area contributed by atoms with Gasteiger partial charge in [-0.05, 0) is 23.3 Å². The number of alkyl halides is 7. The standard InChI is InChI=1S/C13H8ClF3N6O2.C8H5ClF3NO2.C5H4ClN5.S9.S2/c14-10-7-4-19-22(11(7)21-12(18)20-10)5-6-1-2-9(23(24)25)8(3-6)13(15,16)17;9-4-5-1-2-7(13(14)15)6(3-5)8(10,11)12;6-3-2-1-8-11-4(2)10-5(7)9-3;1-3-5-7-9-8-6-4-2;1-2/h1-4H,5H2,(H2,18,20,21);1-3H,4H2;1H,(H3,7,8,9,10,11);;. The summed E-state index contributed by atoms with van der Waals surface area (Å²) < 4.78 is 77.5. The van der Waals surface area contributed by atoms with Crippen LogP contribution in [0.25, 0.3) is 22.1 Å². The number of hydrogen-bond donors (Lipinski definition) is 3. The first-order valence-corrected chi connectivity index (χ1v) is 28.1. The van der Waals surface area contributed by atoms with Crippen molar-refractivity contribution >= 4 is 187 Å². The van der Waals surface area contributed by atoms with E-state index in [1.807, 2.05) is 0 Å². The number of benzene rings is 2. The van der Waals surface area contributed by atoms with Crippen molar-refractivity contribution in [3.8, 4) is 0 Å². The molecule has 6 rings (SSSR count). The summed E-state index contributed by atoms with van der Waals surface area (Å²) >= 11 is 33.6. The van der Waals surface area contributed by atoms with Crippen LogP contribution in [0.3, 0.4) is 0 Å². The van der Waals surface area contributed by atoms with Crippen molar-refractivity contribution in [1.29, 1.82) is 0 Å². The van der Waals surface area contributed by atoms with Crippen molar-refractivity contribution in [2.75, 3.05) is 11.5 Å². The van der Waals surface area contributed by atoms with Crippen LogP contribution in [0.1, 0.15) is 22.3 Å². The van der Waals surface area contributed by atoms with Gasteiger partial charge < -0.3 is 11.5 Å². The smallest absolute Gasteiger partial charge is 0.368 e. The summed E-state index contributed by atoms with van der Waals surface area (Å²) in [6.07, 6.45) is -6.70. The van der Waals surface area contributed by atoms with Gasteiger partial charge in [-0.2, -0.15) is 46.5 Å². The third-order valence-corrected chi connectivity index (χ3v) is 20.7. The van der Waals surface area contributed by atoms with Gasteiger partial charge in [0.25, 0.3) is 11.4 Å². The quantitative estimate of drug-likeness (QED) is 0.0521. The Morgan fingerprint density at radius 3 is 1.68 bits per heavy atom. The highest BCUT2D eigenvalue weighted by atomic mass is 35.5. The van der Waals surface area contributed by atoms with Crippen LogP contribution in [-0.2, 0) is 132 Å². The topological polar surface area (TPSA) is 236 Å². The molecule has 62 heavy (non-hydrogen) atoms. The van der Waals surface area contributed by atoms with Crippen LogP contribution in [0.5, 0.6) is 0 Å². The lowest BCUT2D eigenvalue weighted by molar-refractivity contribution is -0.388. The van der Waals surface area contributed by atoms with Gasteiger partial charge in [-0.3, -0.25) is 25.3 Å². The minimum atomic E-state index is -4.86. The number of H-pyrrole nitrogens is 1. The van der Waals surface area contributed by atoms with E-state index >= 15 is 0 Å². The van der Waals surface area contributed by atoms with E-state index in [9.17, 15) is 46.6 Å². The molecule has 0 amide bonds. The highest BCUT2D eigenvalue weighted by Crippen LogP contribution is 2.38. The molecule has 0 unspecified atom stereocenters. The maximum atomic E-state index is 13.0. The van der Waals surface area contributed by atoms with Gasteiger partial charge >= 0.3 is 12.4 Å². The van der Waals surface area contributed by atoms with Gasteiger partial charge in [0.15, 0.2) is 11.3 Å². The molecule has 0 aliphatic heterocycles. The summed E-state index contributed by atoms with van der Waals surface area (Å²) in [4.78, 5) is 34.3. The Bertz CT molecular complexity index is 2860. The zero-order valence-corrected chi connectivity index (χ0v) is 40.5. The fourth-order valence-electron chi connectivity index (χ4n) is 4.22. The third-order valence-electron chi connectivity index (χ3n) is 6.53. The molecule has 334 valence electrons. The summed E-state index contributed by atoms with van der Waals surface area (Å²) in [5, 5.41) is 33.0. The number of nitrogens with one attached hydrogen (secondary N) is 1. The summed E-state index contributed by atoms with van der Waals surface area (Å²) in [6, 6.07) is 5.41. The van der Waals surface area contributed by atoms with Gasteiger partial charge in [0.2, 0.25) is 11.9 Å². The number of nitrogen functional groups attached to an aromatic ring is 2. The molecule has 5 N–H and O–H groups in total. The van der Waals surface area contributed by atoms with Crippen LogP contribution < -0.4 is 11.5 Å². The van der Waals surface area contributed by atoms with E-state index in [0.717, 1.165) is 12.1 Å². The lowest BCUT2D eigenvalue weighted by atomic mass is 10.1. The molecule has 0 atom stereocenters. The zero-order valence-electron chi connectivity index (χ0n) is 29.2. The molecule has 4 aromatic heterocycles. The average Bonchev–Trinajstić information content (AvgIpc) is 3.86. The first-order valence-electron chi connectivity index (χ1n) is 14.8. The maximum Gasteiger partial charge on any atom is 0.423 e. The molecule has 0 aliphatic rings. The van der Waals surface area contributed by atoms with Crippen LogP contribution in [0.2, 0.25) is 10.3 Å². The number of aromatic nitrogens is 8. The molecule has 4 heterocycles. The van der Waals surface area contributed by atoms with Crippen molar-refractivity contribution in [2.45, 2.75) is 24.8 Å². The molecule has 2 aromatic carbocycles. The molecule has 0 radical (unpaired) electrons. The van der Waals surface area contributed by atoms with E-state index in [1.165, 1.54) is 40.8 Å². The predicted molar refractivity (Wildman–Crippen MR) is 252 cm³/mol. The molecule has 0 fully saturated rings. The van der Waals surface area contributed by atoms with Gasteiger partial charge in [0.05, 0.1) is 39.6 Å². The Kier molecular flexibility index (Phi) is 23.5. The van der Waals surface area contributed by atoms with Crippen molar-refractivity contribution in [3.05, 3.63) is 102 Å². The zero-order chi connectivity index (χ0) is 46.8. The average molecular weight is 1130 g/mol. The molecule has 0 bridgehead atoms. The Hall–Kier alpha value is -3.19. The van der Waals surface area contributed by atoms with E-state index in [-0.39, 0.29) is 46.2 Å². The van der Waals surface area contributed by atoms with Gasteiger partial charge in [0, 0.05) is 125 Å². The van der Waals surface area contributed by atoms with Crippen LogP contribution in [0, 0.1) is 20.2 Å². The molecule has 0 spiro atoms. The number of nitrogens with zero attached hydrogens (tertiary/aromatic N) is 9. The third kappa shape index (κ3) is 17.1. The Balaban J connectivity index is 0.000000305. The number of nitrogens with two attached hydrogens (primary N) is 2. The van der Waals surface area contributed by atoms with Gasteiger partial charge in [0.1, 0.15) is 21.4 Å². The second kappa shape index (κ2) is 26.6. The lowest BCUT2D eigenvalue weighted by Gasteiger charge is -2.10. The van der Waals surface area contributed by atoms with E-state index in [4.69, 9.17) is 46.3 Å². The Labute approximate surface area is 397 Å². The summed E-state index contributed by atoms with van der Waals surface area (Å²) in [7, 11) is 10.9.